The predicted octanol–water partition coefficient (Wildman–Crippen LogP) is 1.95. The molecule has 1 heterocycles. The summed E-state index contributed by atoms with van der Waals surface area (Å²) in [5.74, 6) is 1.60. The summed E-state index contributed by atoms with van der Waals surface area (Å²) < 4.78 is 5.19. The quantitative estimate of drug-likeness (QED) is 0.749. The van der Waals surface area contributed by atoms with Crippen LogP contribution in [0, 0.1) is 0 Å². The number of aryl methyl sites for hydroxylation is 1. The number of nitrogens with one attached hydrogen (secondary N) is 1. The fraction of sp³-hybridized carbons (Fsp3) is 0.818. The van der Waals surface area contributed by atoms with Crippen molar-refractivity contribution in [1.82, 2.24) is 15.5 Å². The number of aromatic nitrogens is 2. The predicted molar refractivity (Wildman–Crippen MR) is 59.8 cm³/mol. The molecule has 4 nitrogen and oxygen atoms in total. The molecule has 86 valence electrons. The van der Waals surface area contributed by atoms with Gasteiger partial charge in [-0.25, -0.2) is 0 Å². The number of nitrogens with zero attached hydrogens (tertiary/aromatic N) is 2. The first kappa shape index (κ1) is 12.2. The second-order valence-corrected chi connectivity index (χ2v) is 3.81. The van der Waals surface area contributed by atoms with Crippen molar-refractivity contribution >= 4 is 0 Å². The van der Waals surface area contributed by atoms with Gasteiger partial charge in [-0.2, -0.15) is 4.98 Å². The Morgan fingerprint density at radius 1 is 1.40 bits per heavy atom. The van der Waals surface area contributed by atoms with Gasteiger partial charge in [0.25, 0.3) is 0 Å². The molecular weight excluding hydrogens is 190 g/mol. The monoisotopic (exact) mass is 211 g/mol. The second-order valence-electron chi connectivity index (χ2n) is 3.81. The first-order valence-electron chi connectivity index (χ1n) is 5.78. The van der Waals surface area contributed by atoms with Crippen molar-refractivity contribution in [3.8, 4) is 0 Å². The first-order chi connectivity index (χ1) is 7.30. The molecule has 0 spiro atoms. The highest BCUT2D eigenvalue weighted by Gasteiger charge is 2.10. The van der Waals surface area contributed by atoms with Gasteiger partial charge in [-0.3, -0.25) is 0 Å². The van der Waals surface area contributed by atoms with Gasteiger partial charge in [0.15, 0.2) is 5.82 Å². The highest BCUT2D eigenvalue weighted by molar-refractivity contribution is 4.89. The molecule has 1 atom stereocenters. The van der Waals surface area contributed by atoms with E-state index in [9.17, 15) is 0 Å². The lowest BCUT2D eigenvalue weighted by molar-refractivity contribution is 0.354. The first-order valence-corrected chi connectivity index (χ1v) is 5.78. The van der Waals surface area contributed by atoms with Gasteiger partial charge in [-0.15, -0.1) is 0 Å². The van der Waals surface area contributed by atoms with Crippen LogP contribution in [0.15, 0.2) is 4.52 Å². The van der Waals surface area contributed by atoms with Crippen LogP contribution in [0.2, 0.25) is 0 Å². The maximum absolute atomic E-state index is 5.19. The van der Waals surface area contributed by atoms with Crippen molar-refractivity contribution < 1.29 is 4.52 Å². The number of unbranched alkanes of at least 4 members (excludes halogenated alkanes) is 1. The summed E-state index contributed by atoms with van der Waals surface area (Å²) in [5.41, 5.74) is 0. The average Bonchev–Trinajstić information content (AvgIpc) is 2.70. The SMILES string of the molecule is CCCCc1noc(CC(CC)NC)n1. The molecule has 15 heavy (non-hydrogen) atoms. The van der Waals surface area contributed by atoms with Gasteiger partial charge in [0.1, 0.15) is 0 Å². The molecule has 0 saturated heterocycles. The summed E-state index contributed by atoms with van der Waals surface area (Å²) in [6.07, 6.45) is 5.12. The Bertz CT molecular complexity index is 269. The molecule has 0 aliphatic carbocycles. The van der Waals surface area contributed by atoms with Gasteiger partial charge in [-0.1, -0.05) is 25.4 Å². The Kier molecular flexibility index (Phi) is 5.32. The lowest BCUT2D eigenvalue weighted by Crippen LogP contribution is -2.26. The van der Waals surface area contributed by atoms with Gasteiger partial charge < -0.3 is 9.84 Å². The van der Waals surface area contributed by atoms with Crippen LogP contribution in [-0.2, 0) is 12.8 Å². The fourth-order valence-corrected chi connectivity index (χ4v) is 1.47. The number of hydrogen-bond donors (Lipinski definition) is 1. The Labute approximate surface area is 91.5 Å². The van der Waals surface area contributed by atoms with E-state index in [0.29, 0.717) is 6.04 Å². The zero-order chi connectivity index (χ0) is 11.1. The zero-order valence-electron chi connectivity index (χ0n) is 9.92. The molecule has 0 aromatic carbocycles. The van der Waals surface area contributed by atoms with Gasteiger partial charge in [0, 0.05) is 18.9 Å². The van der Waals surface area contributed by atoms with E-state index in [0.717, 1.165) is 43.8 Å². The highest BCUT2D eigenvalue weighted by Crippen LogP contribution is 2.05. The molecule has 1 aromatic rings. The maximum atomic E-state index is 5.19. The Hall–Kier alpha value is -0.900. The lowest BCUT2D eigenvalue weighted by atomic mass is 10.1. The van der Waals surface area contributed by atoms with Crippen LogP contribution in [0.4, 0.5) is 0 Å². The Morgan fingerprint density at radius 2 is 2.20 bits per heavy atom. The molecule has 0 bridgehead atoms. The molecule has 0 amide bonds. The molecular formula is C11H21N3O. The summed E-state index contributed by atoms with van der Waals surface area (Å²) >= 11 is 0. The summed E-state index contributed by atoms with van der Waals surface area (Å²) in [6, 6.07) is 0.435. The van der Waals surface area contributed by atoms with Crippen LogP contribution in [0.5, 0.6) is 0 Å². The zero-order valence-corrected chi connectivity index (χ0v) is 9.92. The smallest absolute Gasteiger partial charge is 0.228 e. The van der Waals surface area contributed by atoms with E-state index in [1.807, 2.05) is 7.05 Å². The summed E-state index contributed by atoms with van der Waals surface area (Å²) in [7, 11) is 1.96. The molecule has 1 aromatic heterocycles. The summed E-state index contributed by atoms with van der Waals surface area (Å²) in [5, 5.41) is 7.19. The van der Waals surface area contributed by atoms with Crippen molar-refractivity contribution in [3.63, 3.8) is 0 Å². The van der Waals surface area contributed by atoms with Crippen molar-refractivity contribution in [3.05, 3.63) is 11.7 Å². The summed E-state index contributed by atoms with van der Waals surface area (Å²) in [4.78, 5) is 4.37. The van der Waals surface area contributed by atoms with E-state index in [1.165, 1.54) is 0 Å². The van der Waals surface area contributed by atoms with E-state index in [2.05, 4.69) is 29.3 Å². The second kappa shape index (κ2) is 6.56. The van der Waals surface area contributed by atoms with Crippen molar-refractivity contribution in [2.75, 3.05) is 7.05 Å². The van der Waals surface area contributed by atoms with Crippen LogP contribution in [0.1, 0.15) is 44.8 Å². The van der Waals surface area contributed by atoms with Crippen LogP contribution < -0.4 is 5.32 Å². The number of rotatable bonds is 7. The molecule has 1 N–H and O–H groups in total. The molecule has 0 radical (unpaired) electrons. The highest BCUT2D eigenvalue weighted by atomic mass is 16.5. The van der Waals surface area contributed by atoms with Crippen LogP contribution in [0.3, 0.4) is 0 Å². The van der Waals surface area contributed by atoms with E-state index in [1.54, 1.807) is 0 Å². The minimum Gasteiger partial charge on any atom is -0.339 e. The molecule has 1 rings (SSSR count). The van der Waals surface area contributed by atoms with Crippen LogP contribution in [0.25, 0.3) is 0 Å². The van der Waals surface area contributed by atoms with Gasteiger partial charge in [0.2, 0.25) is 5.89 Å². The summed E-state index contributed by atoms with van der Waals surface area (Å²) in [6.45, 7) is 4.31. The minimum atomic E-state index is 0.435. The van der Waals surface area contributed by atoms with Crippen LogP contribution in [-0.4, -0.2) is 23.2 Å². The standard InChI is InChI=1S/C11H21N3O/c1-4-6-7-10-13-11(15-14-10)8-9(5-2)12-3/h9,12H,4-8H2,1-3H3. The van der Waals surface area contributed by atoms with Gasteiger partial charge in [0.05, 0.1) is 0 Å². The van der Waals surface area contributed by atoms with Gasteiger partial charge in [-0.05, 0) is 19.9 Å². The Balaban J connectivity index is 2.44. The van der Waals surface area contributed by atoms with E-state index >= 15 is 0 Å². The maximum Gasteiger partial charge on any atom is 0.228 e. The molecule has 0 aliphatic heterocycles. The lowest BCUT2D eigenvalue weighted by Gasteiger charge is -2.09. The normalized spacial score (nSPS) is 13.0. The fourth-order valence-electron chi connectivity index (χ4n) is 1.47. The third-order valence-corrected chi connectivity index (χ3v) is 2.59. The Morgan fingerprint density at radius 3 is 2.80 bits per heavy atom. The minimum absolute atomic E-state index is 0.435. The van der Waals surface area contributed by atoms with Crippen molar-refractivity contribution in [1.29, 1.82) is 0 Å². The molecule has 1 unspecified atom stereocenters. The van der Waals surface area contributed by atoms with Gasteiger partial charge >= 0.3 is 0 Å². The number of likely N-dealkylation sites (N-methyl/N-ethyl adjacent to an activating group) is 1. The third kappa shape index (κ3) is 4.00. The topological polar surface area (TPSA) is 51.0 Å². The third-order valence-electron chi connectivity index (χ3n) is 2.59. The average molecular weight is 211 g/mol. The van der Waals surface area contributed by atoms with E-state index < -0.39 is 0 Å². The van der Waals surface area contributed by atoms with E-state index in [4.69, 9.17) is 4.52 Å². The molecule has 4 heteroatoms. The van der Waals surface area contributed by atoms with Crippen molar-refractivity contribution in [2.45, 2.75) is 52.0 Å². The van der Waals surface area contributed by atoms with Crippen LogP contribution >= 0.6 is 0 Å². The molecule has 0 aliphatic rings. The molecule has 0 fully saturated rings. The van der Waals surface area contributed by atoms with E-state index in [-0.39, 0.29) is 0 Å². The largest absolute Gasteiger partial charge is 0.339 e. The van der Waals surface area contributed by atoms with Crippen molar-refractivity contribution in [2.24, 2.45) is 0 Å². The molecule has 0 saturated carbocycles. The number of hydrogen-bond acceptors (Lipinski definition) is 4.